The van der Waals surface area contributed by atoms with Gasteiger partial charge in [0.1, 0.15) is 5.40 Å². The lowest BCUT2D eigenvalue weighted by atomic mass is 10.3. The molecule has 1 aromatic carbocycles. The standard InChI is InChI=1S/C12H10N4O2S/c1-8(17)14-11-10(19-7-13)12(18)16(15-11)9-5-3-2-4-6-9/h2-6,10H,1H3,(H,14,15,17). The quantitative estimate of drug-likeness (QED) is 0.817. The summed E-state index contributed by atoms with van der Waals surface area (Å²) in [6.07, 6.45) is 0. The van der Waals surface area contributed by atoms with Crippen LogP contribution in [-0.4, -0.2) is 22.9 Å². The summed E-state index contributed by atoms with van der Waals surface area (Å²) in [6, 6.07) is 8.84. The van der Waals surface area contributed by atoms with E-state index in [1.54, 1.807) is 24.3 Å². The summed E-state index contributed by atoms with van der Waals surface area (Å²) in [5.41, 5.74) is 0.594. The fourth-order valence-electron chi connectivity index (χ4n) is 1.62. The molecule has 1 aromatic rings. The second-order valence-corrected chi connectivity index (χ2v) is 4.63. The molecule has 0 saturated carbocycles. The topological polar surface area (TPSA) is 85.6 Å². The van der Waals surface area contributed by atoms with E-state index in [1.165, 1.54) is 11.9 Å². The van der Waals surface area contributed by atoms with Crippen LogP contribution in [0.1, 0.15) is 6.92 Å². The lowest BCUT2D eigenvalue weighted by molar-refractivity contribution is -0.117. The lowest BCUT2D eigenvalue weighted by Gasteiger charge is -2.11. The van der Waals surface area contributed by atoms with Gasteiger partial charge in [0.05, 0.1) is 5.69 Å². The molecule has 1 aliphatic rings. The molecule has 0 saturated heterocycles. The third kappa shape index (κ3) is 2.74. The fourth-order valence-corrected chi connectivity index (χ4v) is 2.15. The summed E-state index contributed by atoms with van der Waals surface area (Å²) in [5.74, 6) is -0.487. The van der Waals surface area contributed by atoms with E-state index in [9.17, 15) is 9.59 Å². The second kappa shape index (κ2) is 5.54. The predicted molar refractivity (Wildman–Crippen MR) is 72.2 cm³/mol. The molecule has 6 nitrogen and oxygen atoms in total. The summed E-state index contributed by atoms with van der Waals surface area (Å²) >= 11 is 0.764. The number of carbonyl (C=O) groups excluding carboxylic acids is 2. The molecule has 0 radical (unpaired) electrons. The normalized spacial score (nSPS) is 17.9. The Morgan fingerprint density at radius 1 is 1.47 bits per heavy atom. The molecule has 0 spiro atoms. The molecule has 96 valence electrons. The number of carbonyl (C=O) groups is 2. The van der Waals surface area contributed by atoms with Crippen molar-refractivity contribution in [1.82, 2.24) is 5.32 Å². The highest BCUT2D eigenvalue weighted by Crippen LogP contribution is 2.25. The maximum Gasteiger partial charge on any atom is 0.269 e. The van der Waals surface area contributed by atoms with E-state index in [-0.39, 0.29) is 17.6 Å². The van der Waals surface area contributed by atoms with Gasteiger partial charge >= 0.3 is 0 Å². The number of nitriles is 1. The third-order valence-electron chi connectivity index (χ3n) is 2.36. The zero-order valence-electron chi connectivity index (χ0n) is 10.0. The van der Waals surface area contributed by atoms with Crippen molar-refractivity contribution in [3.63, 3.8) is 0 Å². The van der Waals surface area contributed by atoms with Gasteiger partial charge in [0.2, 0.25) is 5.91 Å². The van der Waals surface area contributed by atoms with Crippen LogP contribution in [0.15, 0.2) is 35.4 Å². The van der Waals surface area contributed by atoms with E-state index in [0.29, 0.717) is 5.69 Å². The number of amidine groups is 1. The van der Waals surface area contributed by atoms with Gasteiger partial charge in [-0.1, -0.05) is 18.2 Å². The monoisotopic (exact) mass is 274 g/mol. The van der Waals surface area contributed by atoms with Gasteiger partial charge < -0.3 is 5.32 Å². The molecule has 0 aromatic heterocycles. The van der Waals surface area contributed by atoms with Crippen LogP contribution in [0.4, 0.5) is 5.69 Å². The smallest absolute Gasteiger partial charge is 0.269 e. The highest BCUT2D eigenvalue weighted by molar-refractivity contribution is 8.05. The molecular formula is C12H10N4O2S. The fraction of sp³-hybridized carbons (Fsp3) is 0.167. The molecule has 19 heavy (non-hydrogen) atoms. The first-order valence-electron chi connectivity index (χ1n) is 5.43. The predicted octanol–water partition coefficient (Wildman–Crippen LogP) is 1.07. The number of nitrogens with zero attached hydrogens (tertiary/aromatic N) is 3. The Bertz CT molecular complexity index is 579. The number of hydrogen-bond acceptors (Lipinski definition) is 5. The summed E-state index contributed by atoms with van der Waals surface area (Å²) < 4.78 is 0. The molecule has 1 atom stereocenters. The molecule has 1 unspecified atom stereocenters. The molecule has 0 fully saturated rings. The van der Waals surface area contributed by atoms with Gasteiger partial charge in [-0.15, -0.1) is 5.10 Å². The number of hydrogen-bond donors (Lipinski definition) is 1. The van der Waals surface area contributed by atoms with Gasteiger partial charge in [-0.2, -0.15) is 10.3 Å². The van der Waals surface area contributed by atoms with Crippen LogP contribution >= 0.6 is 11.8 Å². The van der Waals surface area contributed by atoms with Crippen molar-refractivity contribution >= 4 is 35.1 Å². The number of anilines is 1. The van der Waals surface area contributed by atoms with E-state index in [0.717, 1.165) is 11.8 Å². The summed E-state index contributed by atoms with van der Waals surface area (Å²) in [6.45, 7) is 1.33. The molecular weight excluding hydrogens is 264 g/mol. The van der Waals surface area contributed by atoms with E-state index < -0.39 is 5.25 Å². The Kier molecular flexibility index (Phi) is 3.82. The van der Waals surface area contributed by atoms with E-state index in [1.807, 2.05) is 11.5 Å². The average molecular weight is 274 g/mol. The molecule has 2 rings (SSSR count). The third-order valence-corrected chi connectivity index (χ3v) is 3.13. The SMILES string of the molecule is CC(=O)NC1=NN(c2ccccc2)C(=O)C1SC#N. The molecule has 1 N–H and O–H groups in total. The van der Waals surface area contributed by atoms with Gasteiger partial charge in [-0.3, -0.25) is 9.59 Å². The number of rotatable bonds is 2. The maximum atomic E-state index is 12.2. The minimum atomic E-state index is -0.797. The van der Waals surface area contributed by atoms with Gasteiger partial charge in [-0.05, 0) is 23.9 Å². The van der Waals surface area contributed by atoms with Crippen LogP contribution < -0.4 is 10.3 Å². The van der Waals surface area contributed by atoms with Crippen LogP contribution in [0, 0.1) is 10.7 Å². The molecule has 2 amide bonds. The zero-order valence-corrected chi connectivity index (χ0v) is 10.8. The summed E-state index contributed by atoms with van der Waals surface area (Å²) in [7, 11) is 0. The molecule has 1 aliphatic heterocycles. The van der Waals surface area contributed by atoms with Crippen LogP contribution in [0.5, 0.6) is 0 Å². The van der Waals surface area contributed by atoms with Gasteiger partial charge in [0.15, 0.2) is 11.1 Å². The first kappa shape index (κ1) is 13.1. The van der Waals surface area contributed by atoms with Crippen molar-refractivity contribution in [3.8, 4) is 5.40 Å². The van der Waals surface area contributed by atoms with Crippen molar-refractivity contribution in [2.45, 2.75) is 12.2 Å². The zero-order chi connectivity index (χ0) is 13.8. The number of nitrogens with one attached hydrogen (secondary N) is 1. The van der Waals surface area contributed by atoms with Crippen molar-refractivity contribution in [2.75, 3.05) is 5.01 Å². The lowest BCUT2D eigenvalue weighted by Crippen LogP contribution is -2.37. The Morgan fingerprint density at radius 3 is 2.74 bits per heavy atom. The Balaban J connectivity index is 2.32. The maximum absolute atomic E-state index is 12.2. The van der Waals surface area contributed by atoms with Gasteiger partial charge in [0, 0.05) is 6.92 Å². The molecule has 0 bridgehead atoms. The Labute approximate surface area is 114 Å². The van der Waals surface area contributed by atoms with Crippen molar-refractivity contribution in [2.24, 2.45) is 5.10 Å². The van der Waals surface area contributed by atoms with Crippen LogP contribution in [0.2, 0.25) is 0 Å². The van der Waals surface area contributed by atoms with Crippen LogP contribution in [0.3, 0.4) is 0 Å². The van der Waals surface area contributed by atoms with Crippen LogP contribution in [-0.2, 0) is 9.59 Å². The average Bonchev–Trinajstić information content (AvgIpc) is 2.68. The first-order valence-corrected chi connectivity index (χ1v) is 6.31. The highest BCUT2D eigenvalue weighted by atomic mass is 32.2. The largest absolute Gasteiger partial charge is 0.312 e. The Morgan fingerprint density at radius 2 is 2.16 bits per heavy atom. The minimum Gasteiger partial charge on any atom is -0.312 e. The van der Waals surface area contributed by atoms with E-state index in [2.05, 4.69) is 10.4 Å². The number of thiocyanates is 1. The van der Waals surface area contributed by atoms with Gasteiger partial charge in [-0.25, -0.2) is 0 Å². The number of benzene rings is 1. The Hall–Kier alpha value is -2.33. The number of amides is 2. The van der Waals surface area contributed by atoms with E-state index in [4.69, 9.17) is 5.26 Å². The van der Waals surface area contributed by atoms with Gasteiger partial charge in [0.25, 0.3) is 5.91 Å². The minimum absolute atomic E-state index is 0.188. The molecule has 7 heteroatoms. The number of para-hydroxylation sites is 1. The first-order chi connectivity index (χ1) is 9.13. The van der Waals surface area contributed by atoms with E-state index >= 15 is 0 Å². The van der Waals surface area contributed by atoms with Crippen molar-refractivity contribution in [1.29, 1.82) is 5.26 Å². The second-order valence-electron chi connectivity index (χ2n) is 3.74. The van der Waals surface area contributed by atoms with Crippen LogP contribution in [0.25, 0.3) is 0 Å². The molecule has 1 heterocycles. The number of thioether (sulfide) groups is 1. The summed E-state index contributed by atoms with van der Waals surface area (Å²) in [4.78, 5) is 23.3. The number of hydrazone groups is 1. The molecule has 0 aliphatic carbocycles. The highest BCUT2D eigenvalue weighted by Gasteiger charge is 2.38. The van der Waals surface area contributed by atoms with Crippen molar-refractivity contribution in [3.05, 3.63) is 30.3 Å². The summed E-state index contributed by atoms with van der Waals surface area (Å²) in [5, 5.41) is 17.5. The van der Waals surface area contributed by atoms with Crippen molar-refractivity contribution < 1.29 is 9.59 Å².